The van der Waals surface area contributed by atoms with Crippen LogP contribution in [0.3, 0.4) is 0 Å². The van der Waals surface area contributed by atoms with Gasteiger partial charge in [0.05, 0.1) is 11.4 Å². The average molecular weight is 684 g/mol. The molecule has 246 valence electrons. The van der Waals surface area contributed by atoms with Gasteiger partial charge >= 0.3 is 0 Å². The van der Waals surface area contributed by atoms with E-state index in [0.717, 1.165) is 38.6 Å². The molecule has 0 saturated carbocycles. The summed E-state index contributed by atoms with van der Waals surface area (Å²) in [6.45, 7) is 4.75. The molecule has 2 nitrogen and oxygen atoms in total. The molecule has 10 aromatic rings. The van der Waals surface area contributed by atoms with Crippen LogP contribution in [-0.4, -0.2) is 0 Å². The van der Waals surface area contributed by atoms with Gasteiger partial charge in [-0.05, 0) is 87.3 Å². The fraction of sp³-hybridized carbons (Fsp3) is 0.0612. The minimum absolute atomic E-state index is 0.173. The van der Waals surface area contributed by atoms with Crippen LogP contribution >= 0.6 is 11.3 Å². The van der Waals surface area contributed by atoms with Gasteiger partial charge in [0.2, 0.25) is 0 Å². The summed E-state index contributed by atoms with van der Waals surface area (Å²) in [7, 11) is 0. The van der Waals surface area contributed by atoms with E-state index in [4.69, 9.17) is 4.42 Å². The molecule has 8 aromatic carbocycles. The first-order valence-corrected chi connectivity index (χ1v) is 18.7. The van der Waals surface area contributed by atoms with E-state index >= 15 is 0 Å². The molecule has 1 aliphatic rings. The highest BCUT2D eigenvalue weighted by atomic mass is 32.1. The summed E-state index contributed by atoms with van der Waals surface area (Å²) >= 11 is 1.87. The van der Waals surface area contributed by atoms with E-state index in [1.807, 2.05) is 11.3 Å². The number of benzene rings is 8. The first-order valence-electron chi connectivity index (χ1n) is 17.9. The SMILES string of the molecule is CC1(C)c2ccccc2-c2cccc(N(c3ccc(-c4cccc5oc6c7ccccc7ccc6c45)cc3)c3cccc4sc5ccccc5c34)c21. The van der Waals surface area contributed by atoms with Gasteiger partial charge in [0.25, 0.3) is 0 Å². The molecule has 11 rings (SSSR count). The molecule has 2 aromatic heterocycles. The molecule has 0 bridgehead atoms. The summed E-state index contributed by atoms with van der Waals surface area (Å²) in [6, 6.07) is 59.8. The third-order valence-electron chi connectivity index (χ3n) is 11.2. The zero-order valence-corrected chi connectivity index (χ0v) is 29.7. The maximum atomic E-state index is 6.56. The molecular weight excluding hydrogens is 651 g/mol. The van der Waals surface area contributed by atoms with Crippen LogP contribution < -0.4 is 4.90 Å². The molecular formula is C49H33NOS. The van der Waals surface area contributed by atoms with Gasteiger partial charge < -0.3 is 9.32 Å². The van der Waals surface area contributed by atoms with Gasteiger partial charge in [-0.1, -0.05) is 129 Å². The Morgan fingerprint density at radius 3 is 2.10 bits per heavy atom. The van der Waals surface area contributed by atoms with Gasteiger partial charge in [-0.15, -0.1) is 11.3 Å². The molecule has 0 unspecified atom stereocenters. The van der Waals surface area contributed by atoms with E-state index in [9.17, 15) is 0 Å². The summed E-state index contributed by atoms with van der Waals surface area (Å²) in [5, 5.41) is 7.21. The number of hydrogen-bond acceptors (Lipinski definition) is 3. The number of thiophene rings is 1. The number of fused-ring (bicyclic) bond motifs is 11. The van der Waals surface area contributed by atoms with Gasteiger partial charge in [0.15, 0.2) is 0 Å². The number of hydrogen-bond donors (Lipinski definition) is 0. The summed E-state index contributed by atoms with van der Waals surface area (Å²) < 4.78 is 9.15. The van der Waals surface area contributed by atoms with E-state index in [-0.39, 0.29) is 5.41 Å². The molecule has 0 atom stereocenters. The molecule has 0 amide bonds. The highest BCUT2D eigenvalue weighted by molar-refractivity contribution is 7.26. The quantitative estimate of drug-likeness (QED) is 0.184. The second-order valence-electron chi connectivity index (χ2n) is 14.4. The summed E-state index contributed by atoms with van der Waals surface area (Å²) in [5.74, 6) is 0. The standard InChI is InChI=1S/C49H33NOS/c1-49(2)39-18-7-5-14-35(39)36-17-9-20-41(47(36)49)50(40-19-11-23-44-46(40)37-15-6-8-22-43(37)52-44)32-27-24-31(25-28-32)33-16-10-21-42-45(33)38-29-26-30-12-3-4-13-34(30)48(38)51-42/h3-29H,1-2H3. The van der Waals surface area contributed by atoms with Crippen molar-refractivity contribution in [2.75, 3.05) is 4.90 Å². The maximum absolute atomic E-state index is 6.56. The molecule has 2 heterocycles. The van der Waals surface area contributed by atoms with Crippen LogP contribution in [0.5, 0.6) is 0 Å². The minimum atomic E-state index is -0.173. The van der Waals surface area contributed by atoms with Crippen LogP contribution in [-0.2, 0) is 5.41 Å². The van der Waals surface area contributed by atoms with Crippen LogP contribution in [0, 0.1) is 0 Å². The van der Waals surface area contributed by atoms with Crippen LogP contribution in [0.2, 0.25) is 0 Å². The molecule has 0 fully saturated rings. The van der Waals surface area contributed by atoms with Crippen molar-refractivity contribution < 1.29 is 4.42 Å². The number of nitrogens with zero attached hydrogens (tertiary/aromatic N) is 1. The van der Waals surface area contributed by atoms with Crippen molar-refractivity contribution in [3.8, 4) is 22.3 Å². The van der Waals surface area contributed by atoms with Gasteiger partial charge in [0.1, 0.15) is 11.2 Å². The lowest BCUT2D eigenvalue weighted by atomic mass is 9.81. The third kappa shape index (κ3) is 4.11. The van der Waals surface area contributed by atoms with Crippen molar-refractivity contribution in [3.05, 3.63) is 175 Å². The van der Waals surface area contributed by atoms with Crippen molar-refractivity contribution in [1.29, 1.82) is 0 Å². The zero-order chi connectivity index (χ0) is 34.6. The molecule has 0 radical (unpaired) electrons. The minimum Gasteiger partial charge on any atom is -0.455 e. The Morgan fingerprint density at radius 1 is 0.500 bits per heavy atom. The largest absolute Gasteiger partial charge is 0.455 e. The molecule has 1 aliphatic carbocycles. The highest BCUT2D eigenvalue weighted by Gasteiger charge is 2.39. The monoisotopic (exact) mass is 683 g/mol. The molecule has 0 saturated heterocycles. The molecule has 0 aliphatic heterocycles. The van der Waals surface area contributed by atoms with Crippen LogP contribution in [0.1, 0.15) is 25.0 Å². The summed E-state index contributed by atoms with van der Waals surface area (Å²) in [5.41, 5.74) is 12.9. The molecule has 0 N–H and O–H groups in total. The van der Waals surface area contributed by atoms with Crippen molar-refractivity contribution in [1.82, 2.24) is 0 Å². The van der Waals surface area contributed by atoms with Gasteiger partial charge in [0, 0.05) is 47.4 Å². The van der Waals surface area contributed by atoms with E-state index in [0.29, 0.717) is 0 Å². The van der Waals surface area contributed by atoms with E-state index in [2.05, 4.69) is 183 Å². The highest BCUT2D eigenvalue weighted by Crippen LogP contribution is 2.55. The lowest BCUT2D eigenvalue weighted by Gasteiger charge is -2.32. The second kappa shape index (κ2) is 10.9. The fourth-order valence-corrected chi connectivity index (χ4v) is 10.1. The number of furan rings is 1. The Labute approximate surface area is 305 Å². The van der Waals surface area contributed by atoms with Gasteiger partial charge in [-0.3, -0.25) is 0 Å². The van der Waals surface area contributed by atoms with Crippen LogP contribution in [0.25, 0.3) is 75.1 Å². The molecule has 0 spiro atoms. The Bertz CT molecular complexity index is 3050. The smallest absolute Gasteiger partial charge is 0.143 e. The maximum Gasteiger partial charge on any atom is 0.143 e. The van der Waals surface area contributed by atoms with Crippen LogP contribution in [0.15, 0.2) is 168 Å². The van der Waals surface area contributed by atoms with E-state index in [1.54, 1.807) is 0 Å². The number of rotatable bonds is 4. The van der Waals surface area contributed by atoms with E-state index in [1.165, 1.54) is 64.8 Å². The summed E-state index contributed by atoms with van der Waals surface area (Å²) in [4.78, 5) is 2.51. The topological polar surface area (TPSA) is 16.4 Å². The van der Waals surface area contributed by atoms with Crippen molar-refractivity contribution in [2.24, 2.45) is 0 Å². The van der Waals surface area contributed by atoms with Crippen molar-refractivity contribution in [3.63, 3.8) is 0 Å². The first kappa shape index (κ1) is 29.6. The van der Waals surface area contributed by atoms with Crippen molar-refractivity contribution >= 4 is 81.3 Å². The van der Waals surface area contributed by atoms with Crippen molar-refractivity contribution in [2.45, 2.75) is 19.3 Å². The lowest BCUT2D eigenvalue weighted by molar-refractivity contribution is 0.661. The Balaban J connectivity index is 1.14. The summed E-state index contributed by atoms with van der Waals surface area (Å²) in [6.07, 6.45) is 0. The average Bonchev–Trinajstić information content (AvgIpc) is 3.84. The predicted octanol–water partition coefficient (Wildman–Crippen LogP) is 14.6. The third-order valence-corrected chi connectivity index (χ3v) is 12.4. The Hall–Kier alpha value is -6.16. The number of anilines is 3. The fourth-order valence-electron chi connectivity index (χ4n) is 8.94. The normalized spacial score (nSPS) is 13.3. The molecule has 52 heavy (non-hydrogen) atoms. The van der Waals surface area contributed by atoms with Crippen LogP contribution in [0.4, 0.5) is 17.1 Å². The predicted molar refractivity (Wildman–Crippen MR) is 222 cm³/mol. The zero-order valence-electron chi connectivity index (χ0n) is 28.9. The van der Waals surface area contributed by atoms with E-state index < -0.39 is 0 Å². The lowest BCUT2D eigenvalue weighted by Crippen LogP contribution is -2.20. The Morgan fingerprint density at radius 2 is 1.19 bits per heavy atom. The van der Waals surface area contributed by atoms with Gasteiger partial charge in [-0.2, -0.15) is 0 Å². The Kier molecular flexibility index (Phi) is 6.21. The second-order valence-corrected chi connectivity index (χ2v) is 15.5. The first-order chi connectivity index (χ1) is 25.6. The van der Waals surface area contributed by atoms with Gasteiger partial charge in [-0.25, -0.2) is 0 Å². The molecule has 3 heteroatoms.